The first-order chi connectivity index (χ1) is 11.1. The van der Waals surface area contributed by atoms with Gasteiger partial charge in [0.25, 0.3) is 0 Å². The fourth-order valence-corrected chi connectivity index (χ4v) is 2.14. The van der Waals surface area contributed by atoms with Crippen molar-refractivity contribution in [3.63, 3.8) is 0 Å². The number of hydrogen-bond donors (Lipinski definition) is 3. The van der Waals surface area contributed by atoms with Crippen molar-refractivity contribution in [1.82, 2.24) is 10.6 Å². The van der Waals surface area contributed by atoms with E-state index < -0.39 is 6.10 Å². The summed E-state index contributed by atoms with van der Waals surface area (Å²) >= 11 is 0. The fraction of sp³-hybridized carbons (Fsp3) is 0.353. The van der Waals surface area contributed by atoms with Crippen molar-refractivity contribution in [1.29, 1.82) is 0 Å². The number of rotatable bonds is 7. The molecule has 2 atom stereocenters. The van der Waals surface area contributed by atoms with Crippen LogP contribution in [0.3, 0.4) is 0 Å². The normalized spacial score (nSPS) is 13.2. The van der Waals surface area contributed by atoms with Crippen LogP contribution in [0.1, 0.15) is 37.3 Å². The first-order valence-electron chi connectivity index (χ1n) is 7.58. The van der Waals surface area contributed by atoms with Gasteiger partial charge in [0.2, 0.25) is 0 Å². The molecule has 2 amide bonds. The topological polar surface area (TPSA) is 83.7 Å². The van der Waals surface area contributed by atoms with Crippen LogP contribution in [0.5, 0.6) is 5.75 Å². The molecule has 0 saturated heterocycles. The molecule has 3 N–H and O–H groups in total. The van der Waals surface area contributed by atoms with Crippen LogP contribution < -0.4 is 15.4 Å². The molecule has 124 valence electrons. The first-order valence-corrected chi connectivity index (χ1v) is 7.58. The Morgan fingerprint density at radius 3 is 2.87 bits per heavy atom. The molecule has 0 saturated carbocycles. The summed E-state index contributed by atoms with van der Waals surface area (Å²) < 4.78 is 10.5. The molecule has 6 nitrogen and oxygen atoms in total. The van der Waals surface area contributed by atoms with Gasteiger partial charge in [-0.05, 0) is 43.7 Å². The molecule has 6 heteroatoms. The van der Waals surface area contributed by atoms with Crippen molar-refractivity contribution < 1.29 is 19.1 Å². The first kappa shape index (κ1) is 16.9. The molecule has 0 spiro atoms. The molecule has 2 unspecified atom stereocenters. The monoisotopic (exact) mass is 318 g/mol. The summed E-state index contributed by atoms with van der Waals surface area (Å²) in [6.45, 7) is 4.47. The second-order valence-corrected chi connectivity index (χ2v) is 5.11. The predicted octanol–water partition coefficient (Wildman–Crippen LogP) is 2.77. The van der Waals surface area contributed by atoms with Crippen LogP contribution in [-0.4, -0.2) is 24.3 Å². The molecule has 2 aromatic rings. The molecule has 2 rings (SSSR count). The minimum atomic E-state index is -0.868. The minimum absolute atomic E-state index is 0.0745. The van der Waals surface area contributed by atoms with Crippen LogP contribution in [0.2, 0.25) is 0 Å². The van der Waals surface area contributed by atoms with Crippen molar-refractivity contribution in [3.8, 4) is 5.75 Å². The fourth-order valence-electron chi connectivity index (χ4n) is 2.14. The number of amides is 2. The van der Waals surface area contributed by atoms with Gasteiger partial charge in [-0.3, -0.25) is 0 Å². The predicted molar refractivity (Wildman–Crippen MR) is 86.2 cm³/mol. The highest BCUT2D eigenvalue weighted by molar-refractivity contribution is 5.74. The van der Waals surface area contributed by atoms with Gasteiger partial charge >= 0.3 is 6.03 Å². The SMILES string of the molecule is CCOc1cccc(C(C)NC(=O)NCC(O)c2ccco2)c1. The smallest absolute Gasteiger partial charge is 0.315 e. The van der Waals surface area contributed by atoms with Crippen molar-refractivity contribution in [2.24, 2.45) is 0 Å². The number of furan rings is 1. The van der Waals surface area contributed by atoms with Crippen molar-refractivity contribution in [2.45, 2.75) is 26.0 Å². The third-order valence-electron chi connectivity index (χ3n) is 3.34. The van der Waals surface area contributed by atoms with E-state index in [1.165, 1.54) is 6.26 Å². The molecule has 0 fully saturated rings. The molecule has 0 aliphatic rings. The number of aliphatic hydroxyl groups excluding tert-OH is 1. The summed E-state index contributed by atoms with van der Waals surface area (Å²) in [5, 5.41) is 15.3. The van der Waals surface area contributed by atoms with Crippen LogP contribution in [0.25, 0.3) is 0 Å². The molecule has 0 bridgehead atoms. The second kappa shape index (κ2) is 8.24. The largest absolute Gasteiger partial charge is 0.494 e. The highest BCUT2D eigenvalue weighted by Gasteiger charge is 2.14. The van der Waals surface area contributed by atoms with Gasteiger partial charge in [0.1, 0.15) is 17.6 Å². The summed E-state index contributed by atoms with van der Waals surface area (Å²) in [5.41, 5.74) is 0.942. The Hall–Kier alpha value is -2.47. The standard InChI is InChI=1S/C17H22N2O4/c1-3-22-14-7-4-6-13(10-14)12(2)19-17(21)18-11-15(20)16-8-5-9-23-16/h4-10,12,15,20H,3,11H2,1-2H3,(H2,18,19,21). The van der Waals surface area contributed by atoms with Crippen LogP contribution in [0.15, 0.2) is 47.1 Å². The summed E-state index contributed by atoms with van der Waals surface area (Å²) in [7, 11) is 0. The molecule has 1 aromatic heterocycles. The van der Waals surface area contributed by atoms with Gasteiger partial charge < -0.3 is 24.9 Å². The summed E-state index contributed by atoms with van der Waals surface area (Å²) in [6.07, 6.45) is 0.610. The van der Waals surface area contributed by atoms with E-state index in [1.807, 2.05) is 38.1 Å². The Morgan fingerprint density at radius 1 is 1.35 bits per heavy atom. The van der Waals surface area contributed by atoms with Crippen LogP contribution in [-0.2, 0) is 0 Å². The average Bonchev–Trinajstić information content (AvgIpc) is 3.07. The maximum Gasteiger partial charge on any atom is 0.315 e. The van der Waals surface area contributed by atoms with Crippen LogP contribution in [0, 0.1) is 0 Å². The van der Waals surface area contributed by atoms with Crippen molar-refractivity contribution in [3.05, 3.63) is 54.0 Å². The minimum Gasteiger partial charge on any atom is -0.494 e. The van der Waals surface area contributed by atoms with E-state index in [9.17, 15) is 9.90 Å². The lowest BCUT2D eigenvalue weighted by Gasteiger charge is -2.17. The Balaban J connectivity index is 1.83. The van der Waals surface area contributed by atoms with E-state index >= 15 is 0 Å². The number of ether oxygens (including phenoxy) is 1. The number of aliphatic hydroxyl groups is 1. The van der Waals surface area contributed by atoms with E-state index in [1.54, 1.807) is 12.1 Å². The van der Waals surface area contributed by atoms with Gasteiger partial charge in [-0.25, -0.2) is 4.79 Å². The van der Waals surface area contributed by atoms with Gasteiger partial charge in [0.15, 0.2) is 0 Å². The Morgan fingerprint density at radius 2 is 2.17 bits per heavy atom. The van der Waals surface area contributed by atoms with E-state index in [0.29, 0.717) is 12.4 Å². The molecule has 1 aromatic carbocycles. The molecular weight excluding hydrogens is 296 g/mol. The van der Waals surface area contributed by atoms with E-state index in [4.69, 9.17) is 9.15 Å². The lowest BCUT2D eigenvalue weighted by Crippen LogP contribution is -2.39. The Bertz CT molecular complexity index is 613. The van der Waals surface area contributed by atoms with Crippen LogP contribution in [0.4, 0.5) is 4.79 Å². The maximum atomic E-state index is 11.9. The Labute approximate surface area is 135 Å². The number of carbonyl (C=O) groups is 1. The quantitative estimate of drug-likeness (QED) is 0.733. The van der Waals surface area contributed by atoms with E-state index in [-0.39, 0.29) is 18.6 Å². The average molecular weight is 318 g/mol. The second-order valence-electron chi connectivity index (χ2n) is 5.11. The molecule has 1 heterocycles. The zero-order valence-corrected chi connectivity index (χ0v) is 13.3. The number of nitrogens with one attached hydrogen (secondary N) is 2. The molecule has 0 radical (unpaired) electrons. The van der Waals surface area contributed by atoms with Crippen molar-refractivity contribution >= 4 is 6.03 Å². The number of urea groups is 1. The van der Waals surface area contributed by atoms with E-state index in [0.717, 1.165) is 11.3 Å². The molecule has 0 aliphatic heterocycles. The van der Waals surface area contributed by atoms with Gasteiger partial charge in [0, 0.05) is 0 Å². The third-order valence-corrected chi connectivity index (χ3v) is 3.34. The lowest BCUT2D eigenvalue weighted by molar-refractivity contribution is 0.147. The zero-order valence-electron chi connectivity index (χ0n) is 13.3. The Kier molecular flexibility index (Phi) is 6.05. The van der Waals surface area contributed by atoms with Gasteiger partial charge in [0.05, 0.1) is 25.5 Å². The number of hydrogen-bond acceptors (Lipinski definition) is 4. The molecular formula is C17H22N2O4. The molecule has 0 aliphatic carbocycles. The highest BCUT2D eigenvalue weighted by atomic mass is 16.5. The summed E-state index contributed by atoms with van der Waals surface area (Å²) in [6, 6.07) is 10.4. The van der Waals surface area contributed by atoms with E-state index in [2.05, 4.69) is 10.6 Å². The number of carbonyl (C=O) groups excluding carboxylic acids is 1. The van der Waals surface area contributed by atoms with Gasteiger partial charge in [-0.1, -0.05) is 12.1 Å². The lowest BCUT2D eigenvalue weighted by atomic mass is 10.1. The van der Waals surface area contributed by atoms with Crippen molar-refractivity contribution in [2.75, 3.05) is 13.2 Å². The summed E-state index contributed by atoms with van der Waals surface area (Å²) in [5.74, 6) is 1.19. The maximum absolute atomic E-state index is 11.9. The van der Waals surface area contributed by atoms with Gasteiger partial charge in [-0.15, -0.1) is 0 Å². The molecule has 23 heavy (non-hydrogen) atoms. The third kappa shape index (κ3) is 5.03. The van der Waals surface area contributed by atoms with Crippen LogP contribution >= 0.6 is 0 Å². The number of benzene rings is 1. The van der Waals surface area contributed by atoms with Gasteiger partial charge in [-0.2, -0.15) is 0 Å². The zero-order chi connectivity index (χ0) is 16.7. The summed E-state index contributed by atoms with van der Waals surface area (Å²) in [4.78, 5) is 11.9. The highest BCUT2D eigenvalue weighted by Crippen LogP contribution is 2.19.